The van der Waals surface area contributed by atoms with Crippen molar-refractivity contribution in [2.24, 2.45) is 0 Å². The van der Waals surface area contributed by atoms with E-state index in [1.165, 1.54) is 25.7 Å². The molecular formula is C21H31N3O2. The van der Waals surface area contributed by atoms with Crippen LogP contribution in [0.3, 0.4) is 0 Å². The molecule has 1 aliphatic heterocycles. The van der Waals surface area contributed by atoms with Gasteiger partial charge in [0.1, 0.15) is 0 Å². The number of piperidine rings is 1. The van der Waals surface area contributed by atoms with E-state index >= 15 is 0 Å². The van der Waals surface area contributed by atoms with Gasteiger partial charge in [-0.3, -0.25) is 9.59 Å². The van der Waals surface area contributed by atoms with Crippen molar-refractivity contribution in [3.8, 4) is 0 Å². The van der Waals surface area contributed by atoms with Gasteiger partial charge in [-0.2, -0.15) is 0 Å². The highest BCUT2D eigenvalue weighted by Gasteiger charge is 2.22. The third-order valence-corrected chi connectivity index (χ3v) is 5.71. The van der Waals surface area contributed by atoms with Crippen molar-refractivity contribution >= 4 is 17.5 Å². The Morgan fingerprint density at radius 3 is 2.50 bits per heavy atom. The second-order valence-electron chi connectivity index (χ2n) is 7.58. The van der Waals surface area contributed by atoms with E-state index in [2.05, 4.69) is 5.32 Å². The summed E-state index contributed by atoms with van der Waals surface area (Å²) in [7, 11) is 1.91. The molecule has 1 saturated heterocycles. The summed E-state index contributed by atoms with van der Waals surface area (Å²) >= 11 is 0. The Labute approximate surface area is 156 Å². The Bertz CT molecular complexity index is 619. The molecule has 5 nitrogen and oxygen atoms in total. The number of amides is 2. The standard InChI is InChI=1S/C21H31N3O2/c1-23(19-11-4-2-5-12-19)20(25)16-22-18-10-8-9-17(15-18)21(26)24-13-6-3-7-14-24/h8-10,15,19,22H,2-7,11-14,16H2,1H3. The average Bonchev–Trinajstić information content (AvgIpc) is 2.72. The van der Waals surface area contributed by atoms with Crippen LogP contribution in [0.5, 0.6) is 0 Å². The van der Waals surface area contributed by atoms with E-state index in [1.807, 2.05) is 41.1 Å². The number of nitrogens with zero attached hydrogens (tertiary/aromatic N) is 2. The Balaban J connectivity index is 1.54. The number of carbonyl (C=O) groups excluding carboxylic acids is 2. The molecule has 3 rings (SSSR count). The summed E-state index contributed by atoms with van der Waals surface area (Å²) in [5.74, 6) is 0.212. The summed E-state index contributed by atoms with van der Waals surface area (Å²) in [6.07, 6.45) is 9.34. The second kappa shape index (κ2) is 9.06. The van der Waals surface area contributed by atoms with Gasteiger partial charge in [0.25, 0.3) is 5.91 Å². The predicted octanol–water partition coefficient (Wildman–Crippen LogP) is 3.52. The maximum absolute atomic E-state index is 12.6. The topological polar surface area (TPSA) is 52.7 Å². The zero-order valence-corrected chi connectivity index (χ0v) is 15.9. The quantitative estimate of drug-likeness (QED) is 0.877. The van der Waals surface area contributed by atoms with Crippen molar-refractivity contribution in [2.75, 3.05) is 32.0 Å². The molecule has 2 amide bonds. The molecule has 0 aromatic heterocycles. The SMILES string of the molecule is CN(C(=O)CNc1cccc(C(=O)N2CCCCC2)c1)C1CCCCC1. The van der Waals surface area contributed by atoms with E-state index in [0.717, 1.165) is 44.5 Å². The third-order valence-electron chi connectivity index (χ3n) is 5.71. The molecule has 142 valence electrons. The van der Waals surface area contributed by atoms with Crippen LogP contribution in [-0.4, -0.2) is 54.3 Å². The number of nitrogens with one attached hydrogen (secondary N) is 1. The molecule has 2 fully saturated rings. The minimum absolute atomic E-state index is 0.0963. The van der Waals surface area contributed by atoms with Crippen molar-refractivity contribution in [3.63, 3.8) is 0 Å². The fourth-order valence-electron chi connectivity index (χ4n) is 4.02. The van der Waals surface area contributed by atoms with Gasteiger partial charge in [-0.05, 0) is 50.3 Å². The number of anilines is 1. The van der Waals surface area contributed by atoms with Gasteiger partial charge in [0.2, 0.25) is 5.91 Å². The molecule has 0 spiro atoms. The zero-order chi connectivity index (χ0) is 18.4. The monoisotopic (exact) mass is 357 g/mol. The van der Waals surface area contributed by atoms with Crippen molar-refractivity contribution in [1.82, 2.24) is 9.80 Å². The molecule has 2 aliphatic rings. The van der Waals surface area contributed by atoms with Gasteiger partial charge in [-0.1, -0.05) is 25.3 Å². The molecule has 0 bridgehead atoms. The van der Waals surface area contributed by atoms with Gasteiger partial charge >= 0.3 is 0 Å². The lowest BCUT2D eigenvalue weighted by Gasteiger charge is -2.31. The molecule has 1 aromatic carbocycles. The molecule has 0 unspecified atom stereocenters. The van der Waals surface area contributed by atoms with Crippen LogP contribution in [0.25, 0.3) is 0 Å². The molecular weight excluding hydrogens is 326 g/mol. The molecule has 0 radical (unpaired) electrons. The number of hydrogen-bond donors (Lipinski definition) is 1. The highest BCUT2D eigenvalue weighted by molar-refractivity contribution is 5.95. The molecule has 1 aromatic rings. The van der Waals surface area contributed by atoms with Crippen LogP contribution < -0.4 is 5.32 Å². The molecule has 0 atom stereocenters. The maximum Gasteiger partial charge on any atom is 0.253 e. The summed E-state index contributed by atoms with van der Waals surface area (Å²) < 4.78 is 0. The number of rotatable bonds is 5. The van der Waals surface area contributed by atoms with Crippen LogP contribution in [0, 0.1) is 0 Å². The van der Waals surface area contributed by atoms with E-state index < -0.39 is 0 Å². The average molecular weight is 357 g/mol. The van der Waals surface area contributed by atoms with Crippen LogP contribution in [0.1, 0.15) is 61.7 Å². The molecule has 26 heavy (non-hydrogen) atoms. The first-order valence-corrected chi connectivity index (χ1v) is 10.0. The second-order valence-corrected chi connectivity index (χ2v) is 7.58. The van der Waals surface area contributed by atoms with Crippen LogP contribution in [0.2, 0.25) is 0 Å². The highest BCUT2D eigenvalue weighted by atomic mass is 16.2. The zero-order valence-electron chi connectivity index (χ0n) is 15.9. The van der Waals surface area contributed by atoms with E-state index in [1.54, 1.807) is 0 Å². The van der Waals surface area contributed by atoms with Gasteiger partial charge in [0.15, 0.2) is 0 Å². The van der Waals surface area contributed by atoms with Gasteiger partial charge in [-0.15, -0.1) is 0 Å². The van der Waals surface area contributed by atoms with Crippen LogP contribution in [0.4, 0.5) is 5.69 Å². The van der Waals surface area contributed by atoms with Crippen molar-refractivity contribution in [3.05, 3.63) is 29.8 Å². The number of likely N-dealkylation sites (tertiary alicyclic amines) is 1. The first-order chi connectivity index (χ1) is 12.6. The van der Waals surface area contributed by atoms with Gasteiger partial charge in [0, 0.05) is 37.4 Å². The molecule has 1 aliphatic carbocycles. The molecule has 5 heteroatoms. The Morgan fingerprint density at radius 1 is 1.08 bits per heavy atom. The normalized spacial score (nSPS) is 18.4. The van der Waals surface area contributed by atoms with Crippen LogP contribution in [0.15, 0.2) is 24.3 Å². The summed E-state index contributed by atoms with van der Waals surface area (Å²) in [5, 5.41) is 3.20. The van der Waals surface area contributed by atoms with Gasteiger partial charge in [0.05, 0.1) is 6.54 Å². The van der Waals surface area contributed by atoms with E-state index in [9.17, 15) is 9.59 Å². The van der Waals surface area contributed by atoms with Crippen molar-refractivity contribution < 1.29 is 9.59 Å². The summed E-state index contributed by atoms with van der Waals surface area (Å²) in [5.41, 5.74) is 1.53. The number of benzene rings is 1. The smallest absolute Gasteiger partial charge is 0.253 e. The first kappa shape index (κ1) is 18.7. The number of likely N-dealkylation sites (N-methyl/N-ethyl adjacent to an activating group) is 1. The summed E-state index contributed by atoms with van der Waals surface area (Å²) in [6, 6.07) is 7.91. The fraction of sp³-hybridized carbons (Fsp3) is 0.619. The minimum atomic E-state index is 0.0963. The van der Waals surface area contributed by atoms with Crippen LogP contribution in [-0.2, 0) is 4.79 Å². The lowest BCUT2D eigenvalue weighted by atomic mass is 9.94. The Morgan fingerprint density at radius 2 is 1.77 bits per heavy atom. The lowest BCUT2D eigenvalue weighted by Crippen LogP contribution is -2.41. The summed E-state index contributed by atoms with van der Waals surface area (Å²) in [6.45, 7) is 1.97. The fourth-order valence-corrected chi connectivity index (χ4v) is 4.02. The molecule has 1 saturated carbocycles. The number of carbonyl (C=O) groups is 2. The van der Waals surface area contributed by atoms with Crippen molar-refractivity contribution in [2.45, 2.75) is 57.4 Å². The molecule has 1 N–H and O–H groups in total. The number of hydrogen-bond acceptors (Lipinski definition) is 3. The van der Waals surface area contributed by atoms with E-state index in [0.29, 0.717) is 11.6 Å². The third kappa shape index (κ3) is 4.77. The van der Waals surface area contributed by atoms with Crippen molar-refractivity contribution in [1.29, 1.82) is 0 Å². The first-order valence-electron chi connectivity index (χ1n) is 10.0. The van der Waals surface area contributed by atoms with Gasteiger partial charge in [-0.25, -0.2) is 0 Å². The lowest BCUT2D eigenvalue weighted by molar-refractivity contribution is -0.130. The predicted molar refractivity (Wildman–Crippen MR) is 104 cm³/mol. The summed E-state index contributed by atoms with van der Waals surface area (Å²) in [4.78, 5) is 28.9. The van der Waals surface area contributed by atoms with Crippen LogP contribution >= 0.6 is 0 Å². The minimum Gasteiger partial charge on any atom is -0.376 e. The van der Waals surface area contributed by atoms with E-state index in [-0.39, 0.29) is 18.4 Å². The highest BCUT2D eigenvalue weighted by Crippen LogP contribution is 2.22. The van der Waals surface area contributed by atoms with E-state index in [4.69, 9.17) is 0 Å². The Hall–Kier alpha value is -2.04. The largest absolute Gasteiger partial charge is 0.376 e. The Kier molecular flexibility index (Phi) is 6.53. The molecule has 1 heterocycles. The van der Waals surface area contributed by atoms with Gasteiger partial charge < -0.3 is 15.1 Å². The maximum atomic E-state index is 12.6.